The number of benzene rings is 3. The molecule has 29 heavy (non-hydrogen) atoms. The van der Waals surface area contributed by atoms with Gasteiger partial charge in [0.1, 0.15) is 5.75 Å². The van der Waals surface area contributed by atoms with Crippen LogP contribution in [0.4, 0.5) is 11.4 Å². The number of aliphatic imine (C=N–C) groups is 1. The molecule has 0 amide bonds. The van der Waals surface area contributed by atoms with Crippen LogP contribution >= 0.6 is 0 Å². The van der Waals surface area contributed by atoms with E-state index in [2.05, 4.69) is 21.6 Å². The van der Waals surface area contributed by atoms with Gasteiger partial charge in [0.25, 0.3) is 5.84 Å². The van der Waals surface area contributed by atoms with Gasteiger partial charge in [0.05, 0.1) is 38.1 Å². The van der Waals surface area contributed by atoms with Crippen molar-refractivity contribution in [2.75, 3.05) is 33.2 Å². The van der Waals surface area contributed by atoms with Crippen LogP contribution in [0.3, 0.4) is 0 Å². The van der Waals surface area contributed by atoms with Crippen molar-refractivity contribution >= 4 is 23.0 Å². The topological polar surface area (TPSA) is 37.1 Å². The number of hydrogen-bond acceptors (Lipinski definition) is 3. The first-order chi connectivity index (χ1) is 14.2. The lowest BCUT2D eigenvalue weighted by molar-refractivity contribution is -0.406. The SMILES string of the molecule is COc1ccccc1N(C)C1=NC(=[N+](C)c2ccccc2OC)c2ccccc21. The molecule has 0 N–H and O–H groups in total. The Kier molecular flexibility index (Phi) is 5.04. The summed E-state index contributed by atoms with van der Waals surface area (Å²) in [5.41, 5.74) is 4.09. The molecule has 0 aromatic heterocycles. The lowest BCUT2D eigenvalue weighted by Crippen LogP contribution is -2.26. The first-order valence-corrected chi connectivity index (χ1v) is 9.44. The third-order valence-electron chi connectivity index (χ3n) is 5.15. The molecular weight excluding hydrogens is 362 g/mol. The molecule has 4 rings (SSSR count). The zero-order valence-electron chi connectivity index (χ0n) is 17.1. The number of hydrogen-bond donors (Lipinski definition) is 0. The number of anilines is 1. The summed E-state index contributed by atoms with van der Waals surface area (Å²) >= 11 is 0. The summed E-state index contributed by atoms with van der Waals surface area (Å²) in [6.45, 7) is 0. The van der Waals surface area contributed by atoms with Crippen molar-refractivity contribution in [3.63, 3.8) is 0 Å². The molecule has 5 heteroatoms. The van der Waals surface area contributed by atoms with Crippen LogP contribution in [0, 0.1) is 0 Å². The molecule has 3 aromatic rings. The minimum absolute atomic E-state index is 0.807. The van der Waals surface area contributed by atoms with E-state index in [1.54, 1.807) is 14.2 Å². The van der Waals surface area contributed by atoms with Crippen molar-refractivity contribution in [2.24, 2.45) is 4.99 Å². The summed E-state index contributed by atoms with van der Waals surface area (Å²) in [6, 6.07) is 24.2. The zero-order chi connectivity index (χ0) is 20.4. The number of nitrogens with zero attached hydrogens (tertiary/aromatic N) is 3. The highest BCUT2D eigenvalue weighted by atomic mass is 16.5. The van der Waals surface area contributed by atoms with Crippen molar-refractivity contribution in [3.05, 3.63) is 83.9 Å². The zero-order valence-corrected chi connectivity index (χ0v) is 17.1. The standard InChI is InChI=1S/C24H24N3O2/c1-26(19-13-7-9-15-21(19)28-3)23-17-11-5-6-12-18(17)24(25-23)27(2)20-14-8-10-16-22(20)29-4/h5-16H,1-4H3/q+1. The molecule has 0 spiro atoms. The maximum Gasteiger partial charge on any atom is 0.334 e. The highest BCUT2D eigenvalue weighted by molar-refractivity contribution is 6.25. The molecule has 0 bridgehead atoms. The van der Waals surface area contributed by atoms with Gasteiger partial charge in [0, 0.05) is 7.05 Å². The quantitative estimate of drug-likeness (QED) is 0.627. The molecule has 0 unspecified atom stereocenters. The lowest BCUT2D eigenvalue weighted by Gasteiger charge is -2.19. The lowest BCUT2D eigenvalue weighted by atomic mass is 10.1. The second kappa shape index (κ2) is 7.80. The molecule has 146 valence electrons. The number of ether oxygens (including phenoxy) is 2. The van der Waals surface area contributed by atoms with Crippen LogP contribution in [0.2, 0.25) is 0 Å². The number of methoxy groups -OCH3 is 2. The van der Waals surface area contributed by atoms with Gasteiger partial charge in [0.2, 0.25) is 0 Å². The predicted molar refractivity (Wildman–Crippen MR) is 117 cm³/mol. The van der Waals surface area contributed by atoms with Gasteiger partial charge in [-0.05, 0) is 41.4 Å². The normalized spacial score (nSPS) is 14.1. The summed E-state index contributed by atoms with van der Waals surface area (Å²) in [7, 11) is 7.40. The van der Waals surface area contributed by atoms with Crippen molar-refractivity contribution in [1.29, 1.82) is 0 Å². The van der Waals surface area contributed by atoms with Crippen molar-refractivity contribution in [3.8, 4) is 11.5 Å². The highest BCUT2D eigenvalue weighted by Gasteiger charge is 2.35. The molecule has 0 saturated heterocycles. The Hall–Kier alpha value is -3.60. The second-order valence-corrected chi connectivity index (χ2v) is 6.77. The Balaban J connectivity index is 1.88. The smallest absolute Gasteiger partial charge is 0.334 e. The number of rotatable bonds is 4. The van der Waals surface area contributed by atoms with E-state index in [0.717, 1.165) is 45.7 Å². The van der Waals surface area contributed by atoms with E-state index in [4.69, 9.17) is 14.5 Å². The van der Waals surface area contributed by atoms with Crippen LogP contribution in [-0.4, -0.2) is 44.6 Å². The van der Waals surface area contributed by atoms with Crippen LogP contribution in [0.15, 0.2) is 77.8 Å². The number of amidine groups is 2. The maximum atomic E-state index is 5.56. The van der Waals surface area contributed by atoms with Crippen molar-refractivity contribution in [1.82, 2.24) is 0 Å². The maximum absolute atomic E-state index is 5.56. The van der Waals surface area contributed by atoms with Gasteiger partial charge < -0.3 is 14.4 Å². The third-order valence-corrected chi connectivity index (χ3v) is 5.15. The Morgan fingerprint density at radius 2 is 1.34 bits per heavy atom. The molecule has 1 aliphatic rings. The molecule has 1 heterocycles. The largest absolute Gasteiger partial charge is 0.495 e. The Morgan fingerprint density at radius 3 is 2.07 bits per heavy atom. The summed E-state index contributed by atoms with van der Waals surface area (Å²) in [5, 5.41) is 0. The Labute approximate surface area is 171 Å². The fourth-order valence-electron chi connectivity index (χ4n) is 3.65. The van der Waals surface area contributed by atoms with E-state index in [9.17, 15) is 0 Å². The highest BCUT2D eigenvalue weighted by Crippen LogP contribution is 2.32. The molecular formula is C24H24N3O2+. The van der Waals surface area contributed by atoms with Crippen LogP contribution in [0.25, 0.3) is 0 Å². The summed E-state index contributed by atoms with van der Waals surface area (Å²) < 4.78 is 13.2. The van der Waals surface area contributed by atoms with Gasteiger partial charge in [-0.25, -0.2) is 4.58 Å². The van der Waals surface area contributed by atoms with Gasteiger partial charge in [-0.3, -0.25) is 0 Å². The minimum atomic E-state index is 0.807. The fourth-order valence-corrected chi connectivity index (χ4v) is 3.65. The molecule has 0 saturated carbocycles. The molecule has 0 atom stereocenters. The first-order valence-electron chi connectivity index (χ1n) is 9.44. The van der Waals surface area contributed by atoms with Gasteiger partial charge in [-0.1, -0.05) is 36.4 Å². The molecule has 5 nitrogen and oxygen atoms in total. The van der Waals surface area contributed by atoms with Gasteiger partial charge >= 0.3 is 5.84 Å². The second-order valence-electron chi connectivity index (χ2n) is 6.77. The molecule has 3 aromatic carbocycles. The average Bonchev–Trinajstić information content (AvgIpc) is 3.17. The Bertz CT molecular complexity index is 1120. The minimum Gasteiger partial charge on any atom is -0.495 e. The van der Waals surface area contributed by atoms with E-state index in [0.29, 0.717) is 0 Å². The summed E-state index contributed by atoms with van der Waals surface area (Å²) in [5.74, 6) is 3.37. The van der Waals surface area contributed by atoms with Gasteiger partial charge in [0.15, 0.2) is 11.4 Å². The van der Waals surface area contributed by atoms with Gasteiger partial charge in [-0.2, -0.15) is 0 Å². The predicted octanol–water partition coefficient (Wildman–Crippen LogP) is 4.32. The molecule has 0 fully saturated rings. The van der Waals surface area contributed by atoms with E-state index < -0.39 is 0 Å². The van der Waals surface area contributed by atoms with Crippen LogP contribution in [0.1, 0.15) is 11.1 Å². The van der Waals surface area contributed by atoms with Crippen LogP contribution in [-0.2, 0) is 0 Å². The monoisotopic (exact) mass is 386 g/mol. The van der Waals surface area contributed by atoms with Gasteiger partial charge in [-0.15, -0.1) is 0 Å². The molecule has 1 aliphatic heterocycles. The molecule has 0 aliphatic carbocycles. The van der Waals surface area contributed by atoms with E-state index >= 15 is 0 Å². The number of para-hydroxylation sites is 4. The van der Waals surface area contributed by atoms with Crippen LogP contribution in [0.5, 0.6) is 11.5 Å². The molecule has 0 radical (unpaired) electrons. The van der Waals surface area contributed by atoms with Crippen LogP contribution < -0.4 is 14.4 Å². The summed E-state index contributed by atoms with van der Waals surface area (Å²) in [4.78, 5) is 7.10. The van der Waals surface area contributed by atoms with E-state index in [1.807, 2.05) is 74.8 Å². The van der Waals surface area contributed by atoms with Crippen molar-refractivity contribution in [2.45, 2.75) is 0 Å². The van der Waals surface area contributed by atoms with Crippen molar-refractivity contribution < 1.29 is 14.0 Å². The summed E-state index contributed by atoms with van der Waals surface area (Å²) in [6.07, 6.45) is 0. The third kappa shape index (κ3) is 3.25. The average molecular weight is 386 g/mol. The van der Waals surface area contributed by atoms with E-state index in [-0.39, 0.29) is 0 Å². The Morgan fingerprint density at radius 1 is 0.759 bits per heavy atom. The number of fused-ring (bicyclic) bond motifs is 1. The fraction of sp³-hybridized carbons (Fsp3) is 0.167. The van der Waals surface area contributed by atoms with E-state index in [1.165, 1.54) is 0 Å². The first kappa shape index (κ1) is 18.7.